The molecule has 1 fully saturated rings. The first-order valence-electron chi connectivity index (χ1n) is 8.30. The Bertz CT molecular complexity index is 956. The van der Waals surface area contributed by atoms with E-state index in [9.17, 15) is 4.79 Å². The molecule has 0 saturated carbocycles. The molecular formula is C19H17N3OS. The van der Waals surface area contributed by atoms with Crippen LogP contribution in [0.25, 0.3) is 10.2 Å². The molecule has 1 aromatic carbocycles. The second-order valence-corrected chi connectivity index (χ2v) is 7.55. The minimum Gasteiger partial charge on any atom is -0.397 e. The summed E-state index contributed by atoms with van der Waals surface area (Å²) in [5, 5.41) is 0.922. The van der Waals surface area contributed by atoms with Crippen LogP contribution in [0.15, 0.2) is 36.4 Å². The van der Waals surface area contributed by atoms with E-state index in [4.69, 9.17) is 10.7 Å². The summed E-state index contributed by atoms with van der Waals surface area (Å²) in [6.07, 6.45) is 2.37. The molecule has 5 heteroatoms. The zero-order chi connectivity index (χ0) is 16.3. The van der Waals surface area contributed by atoms with E-state index in [-0.39, 0.29) is 5.78 Å². The molecule has 0 unspecified atom stereocenters. The molecule has 24 heavy (non-hydrogen) atoms. The number of aromatic nitrogens is 1. The molecule has 4 nitrogen and oxygen atoms in total. The lowest BCUT2D eigenvalue weighted by molar-refractivity contribution is 0.104. The fraction of sp³-hybridized carbons (Fsp3) is 0.263. The number of pyridine rings is 1. The van der Waals surface area contributed by atoms with Gasteiger partial charge in [-0.25, -0.2) is 4.98 Å². The number of benzene rings is 1. The van der Waals surface area contributed by atoms with E-state index in [2.05, 4.69) is 11.0 Å². The third-order valence-corrected chi connectivity index (χ3v) is 6.31. The predicted molar refractivity (Wildman–Crippen MR) is 98.1 cm³/mol. The topological polar surface area (TPSA) is 59.2 Å². The maximum Gasteiger partial charge on any atom is 0.205 e. The van der Waals surface area contributed by atoms with Gasteiger partial charge in [-0.15, -0.1) is 11.3 Å². The Balaban J connectivity index is 1.67. The first kappa shape index (κ1) is 14.0. The van der Waals surface area contributed by atoms with Crippen LogP contribution >= 0.6 is 11.3 Å². The number of hydrogen-bond acceptors (Lipinski definition) is 5. The summed E-state index contributed by atoms with van der Waals surface area (Å²) in [5.74, 6) is 0.545. The summed E-state index contributed by atoms with van der Waals surface area (Å²) >= 11 is 1.42. The summed E-state index contributed by atoms with van der Waals surface area (Å²) in [6, 6.07) is 11.5. The van der Waals surface area contributed by atoms with Gasteiger partial charge in [0.25, 0.3) is 0 Å². The first-order valence-corrected chi connectivity index (χ1v) is 9.11. The van der Waals surface area contributed by atoms with E-state index >= 15 is 0 Å². The fourth-order valence-electron chi connectivity index (χ4n) is 3.88. The van der Waals surface area contributed by atoms with Gasteiger partial charge in [0, 0.05) is 30.0 Å². The van der Waals surface area contributed by atoms with Crippen molar-refractivity contribution in [2.45, 2.75) is 18.8 Å². The fourth-order valence-corrected chi connectivity index (χ4v) is 4.93. The molecule has 1 saturated heterocycles. The number of nitrogens with two attached hydrogens (primary N) is 1. The highest BCUT2D eigenvalue weighted by molar-refractivity contribution is 7.21. The van der Waals surface area contributed by atoms with Crippen LogP contribution in [-0.2, 0) is 0 Å². The molecule has 2 N–H and O–H groups in total. The zero-order valence-corrected chi connectivity index (χ0v) is 14.0. The Morgan fingerprint density at radius 1 is 1.21 bits per heavy atom. The summed E-state index contributed by atoms with van der Waals surface area (Å²) in [5.41, 5.74) is 9.99. The number of rotatable bonds is 2. The van der Waals surface area contributed by atoms with Gasteiger partial charge in [0.15, 0.2) is 0 Å². The third-order valence-electron chi connectivity index (χ3n) is 5.19. The van der Waals surface area contributed by atoms with Crippen molar-refractivity contribution in [2.75, 3.05) is 23.7 Å². The van der Waals surface area contributed by atoms with E-state index in [1.807, 2.05) is 30.3 Å². The summed E-state index contributed by atoms with van der Waals surface area (Å²) in [7, 11) is 0. The monoisotopic (exact) mass is 335 g/mol. The smallest absolute Gasteiger partial charge is 0.205 e. The van der Waals surface area contributed by atoms with Crippen LogP contribution in [0.4, 0.5) is 11.4 Å². The molecule has 5 heterocycles. The molecular weight excluding hydrogens is 318 g/mol. The molecule has 3 aromatic rings. The largest absolute Gasteiger partial charge is 0.397 e. The minimum atomic E-state index is -0.0163. The third kappa shape index (κ3) is 1.91. The van der Waals surface area contributed by atoms with Crippen LogP contribution in [0.2, 0.25) is 0 Å². The molecule has 0 aliphatic carbocycles. The van der Waals surface area contributed by atoms with E-state index in [0.29, 0.717) is 22.0 Å². The van der Waals surface area contributed by atoms with Crippen molar-refractivity contribution in [2.24, 2.45) is 0 Å². The number of piperidine rings is 1. The molecule has 2 bridgehead atoms. The van der Waals surface area contributed by atoms with E-state index in [0.717, 1.165) is 23.3 Å². The van der Waals surface area contributed by atoms with Gasteiger partial charge in [0.1, 0.15) is 9.71 Å². The molecule has 0 amide bonds. The Labute approximate surface area is 143 Å². The number of thiophene rings is 1. The van der Waals surface area contributed by atoms with Crippen molar-refractivity contribution in [1.82, 2.24) is 4.98 Å². The molecule has 0 spiro atoms. The molecule has 6 rings (SSSR count). The molecule has 3 aliphatic heterocycles. The van der Waals surface area contributed by atoms with E-state index in [1.54, 1.807) is 0 Å². The standard InChI is InChI=1S/C19H17N3OS/c20-15-13-10-14-16(11-6-8-22(14)9-7-11)21-19(13)24-18(15)17(23)12-4-2-1-3-5-12/h1-5,10-11H,6-9,20H2. The number of anilines is 2. The Morgan fingerprint density at radius 3 is 2.71 bits per heavy atom. The van der Waals surface area contributed by atoms with Gasteiger partial charge in [0.2, 0.25) is 5.78 Å². The number of ketones is 1. The van der Waals surface area contributed by atoms with Gasteiger partial charge in [-0.1, -0.05) is 30.3 Å². The van der Waals surface area contributed by atoms with Crippen molar-refractivity contribution in [3.63, 3.8) is 0 Å². The highest BCUT2D eigenvalue weighted by Crippen LogP contribution is 2.45. The van der Waals surface area contributed by atoms with Gasteiger partial charge >= 0.3 is 0 Å². The van der Waals surface area contributed by atoms with Crippen molar-refractivity contribution >= 4 is 38.7 Å². The maximum atomic E-state index is 12.8. The number of hydrogen-bond donors (Lipinski definition) is 1. The number of carbonyl (C=O) groups is 1. The van der Waals surface area contributed by atoms with E-state index < -0.39 is 0 Å². The zero-order valence-electron chi connectivity index (χ0n) is 13.2. The van der Waals surface area contributed by atoms with Gasteiger partial charge in [-0.3, -0.25) is 4.79 Å². The van der Waals surface area contributed by atoms with Crippen LogP contribution in [0.1, 0.15) is 39.7 Å². The van der Waals surface area contributed by atoms with Crippen molar-refractivity contribution in [1.29, 1.82) is 0 Å². The van der Waals surface area contributed by atoms with Crippen molar-refractivity contribution in [3.05, 3.63) is 52.5 Å². The lowest BCUT2D eigenvalue weighted by Crippen LogP contribution is -2.39. The molecule has 2 aromatic heterocycles. The highest BCUT2D eigenvalue weighted by Gasteiger charge is 2.33. The number of fused-ring (bicyclic) bond motifs is 3. The lowest BCUT2D eigenvalue weighted by atomic mass is 9.86. The van der Waals surface area contributed by atoms with Crippen molar-refractivity contribution < 1.29 is 4.79 Å². The predicted octanol–water partition coefficient (Wildman–Crippen LogP) is 3.81. The number of nitrogens with zero attached hydrogens (tertiary/aromatic N) is 2. The van der Waals surface area contributed by atoms with Gasteiger partial charge in [-0.2, -0.15) is 0 Å². The number of carbonyl (C=O) groups excluding carboxylic acids is 1. The SMILES string of the molecule is Nc1c(C(=O)c2ccccc2)sc2nc3c(cc12)N1CCC3CC1. The molecule has 0 radical (unpaired) electrons. The van der Waals surface area contributed by atoms with Crippen LogP contribution in [0.5, 0.6) is 0 Å². The first-order chi connectivity index (χ1) is 11.7. The van der Waals surface area contributed by atoms with E-state index in [1.165, 1.54) is 35.6 Å². The quantitative estimate of drug-likeness (QED) is 0.724. The Morgan fingerprint density at radius 2 is 1.96 bits per heavy atom. The average Bonchev–Trinajstić information content (AvgIpc) is 2.97. The Kier molecular flexibility index (Phi) is 2.94. The second-order valence-electron chi connectivity index (χ2n) is 6.55. The van der Waals surface area contributed by atoms with Crippen LogP contribution in [0, 0.1) is 0 Å². The average molecular weight is 335 g/mol. The van der Waals surface area contributed by atoms with Crippen LogP contribution < -0.4 is 10.6 Å². The maximum absolute atomic E-state index is 12.8. The minimum absolute atomic E-state index is 0.0163. The molecule has 120 valence electrons. The highest BCUT2D eigenvalue weighted by atomic mass is 32.1. The summed E-state index contributed by atoms with van der Waals surface area (Å²) in [6.45, 7) is 2.20. The van der Waals surface area contributed by atoms with Gasteiger partial charge in [0.05, 0.1) is 17.1 Å². The summed E-state index contributed by atoms with van der Waals surface area (Å²) in [4.78, 5) is 21.6. The molecule has 0 atom stereocenters. The number of nitrogen functional groups attached to an aromatic ring is 1. The molecule has 3 aliphatic rings. The van der Waals surface area contributed by atoms with Crippen LogP contribution in [-0.4, -0.2) is 23.9 Å². The Hall–Kier alpha value is -2.40. The second kappa shape index (κ2) is 5.05. The normalized spacial score (nSPS) is 16.6. The van der Waals surface area contributed by atoms with Crippen LogP contribution in [0.3, 0.4) is 0 Å². The van der Waals surface area contributed by atoms with Crippen molar-refractivity contribution in [3.8, 4) is 0 Å². The van der Waals surface area contributed by atoms with Gasteiger partial charge < -0.3 is 10.6 Å². The lowest BCUT2D eigenvalue weighted by Gasteiger charge is -2.41. The van der Waals surface area contributed by atoms with Gasteiger partial charge in [-0.05, 0) is 18.9 Å². The summed E-state index contributed by atoms with van der Waals surface area (Å²) < 4.78 is 0.